The highest BCUT2D eigenvalue weighted by Crippen LogP contribution is 2.26. The van der Waals surface area contributed by atoms with E-state index >= 15 is 0 Å². The van der Waals surface area contributed by atoms with Gasteiger partial charge in [-0.05, 0) is 70.6 Å². The Kier molecular flexibility index (Phi) is 38.8. The molecule has 0 aromatic rings. The number of unbranched alkanes of at least 4 members (excludes halogenated alkanes) is 21. The van der Waals surface area contributed by atoms with Crippen molar-refractivity contribution in [3.63, 3.8) is 0 Å². The number of rotatable bonds is 43. The van der Waals surface area contributed by atoms with E-state index < -0.39 is 80.7 Å². The minimum absolute atomic E-state index is 0.0549. The molecule has 2 saturated heterocycles. The van der Waals surface area contributed by atoms with Crippen LogP contribution >= 0.6 is 0 Å². The first-order chi connectivity index (χ1) is 33.6. The summed E-state index contributed by atoms with van der Waals surface area (Å²) >= 11 is 0. The molecule has 7 N–H and O–H groups in total. The van der Waals surface area contributed by atoms with E-state index in [1.165, 1.54) is 96.3 Å². The Hall–Kier alpha value is -2.05. The Balaban J connectivity index is 1.75. The highest BCUT2D eigenvalue weighted by Gasteiger charge is 2.47. The minimum atomic E-state index is -1.71. The molecule has 2 aliphatic rings. The van der Waals surface area contributed by atoms with Crippen molar-refractivity contribution in [2.24, 2.45) is 0 Å². The third kappa shape index (κ3) is 29.9. The first-order valence-electron chi connectivity index (χ1n) is 27.2. The molecule has 0 amide bonds. The van der Waals surface area contributed by atoms with Gasteiger partial charge in [0.25, 0.3) is 0 Å². The fourth-order valence-corrected chi connectivity index (χ4v) is 8.41. The molecule has 0 radical (unpaired) electrons. The summed E-state index contributed by atoms with van der Waals surface area (Å²) < 4.78 is 34.3. The van der Waals surface area contributed by atoms with Gasteiger partial charge in [-0.25, -0.2) is 0 Å². The van der Waals surface area contributed by atoms with Crippen LogP contribution in [0.5, 0.6) is 0 Å². The second-order valence-electron chi connectivity index (χ2n) is 19.0. The number of allylic oxidation sites excluding steroid dienone is 8. The monoisotopic (exact) mass is 983 g/mol. The van der Waals surface area contributed by atoms with Crippen LogP contribution in [0.3, 0.4) is 0 Å². The number of hydrogen-bond donors (Lipinski definition) is 7. The first-order valence-corrected chi connectivity index (χ1v) is 27.2. The summed E-state index contributed by atoms with van der Waals surface area (Å²) in [5.41, 5.74) is 0. The lowest BCUT2D eigenvalue weighted by molar-refractivity contribution is -0.332. The van der Waals surface area contributed by atoms with Gasteiger partial charge in [0.15, 0.2) is 12.6 Å². The molecule has 2 heterocycles. The van der Waals surface area contributed by atoms with Crippen LogP contribution in [-0.2, 0) is 33.2 Å². The van der Waals surface area contributed by atoms with Gasteiger partial charge in [-0.1, -0.05) is 165 Å². The molecule has 11 atom stereocenters. The van der Waals surface area contributed by atoms with Crippen LogP contribution < -0.4 is 0 Å². The number of esters is 1. The molecule has 0 bridgehead atoms. The van der Waals surface area contributed by atoms with Crippen LogP contribution in [0, 0.1) is 0 Å². The number of carbonyl (C=O) groups excluding carboxylic acids is 1. The average Bonchev–Trinajstić information content (AvgIpc) is 3.35. The summed E-state index contributed by atoms with van der Waals surface area (Å²) in [6.07, 6.45) is 33.1. The molecule has 69 heavy (non-hydrogen) atoms. The van der Waals surface area contributed by atoms with E-state index in [1.54, 1.807) is 0 Å². The summed E-state index contributed by atoms with van der Waals surface area (Å²) in [4.78, 5) is 13.0. The van der Waals surface area contributed by atoms with Gasteiger partial charge in [0.2, 0.25) is 0 Å². The first kappa shape index (κ1) is 63.1. The van der Waals surface area contributed by atoms with Crippen LogP contribution in [0.1, 0.15) is 194 Å². The molecule has 0 spiro atoms. The largest absolute Gasteiger partial charge is 0.457 e. The van der Waals surface area contributed by atoms with E-state index in [0.29, 0.717) is 13.0 Å². The Bertz CT molecular complexity index is 1320. The standard InChI is InChI=1S/C55H98O14/c1-3-5-7-9-11-13-15-17-19-21-23-25-27-29-31-33-35-37-39-64-41-44(67-47(57)38-36-34-32-30-28-26-24-22-20-18-16-14-12-10-8-6-4-2)42-65-54-53(63)51(61)49(59)46(69-54)43-66-55-52(62)50(60)48(58)45(40-56)68-55/h6,8,12,14,17-20,44-46,48-56,58-63H,3-5,7,9-11,13,15-16,21-43H2,1-2H3/b8-6-,14-12-,19-17-,20-18-. The molecule has 14 heteroatoms. The van der Waals surface area contributed by atoms with E-state index in [9.17, 15) is 40.5 Å². The summed E-state index contributed by atoms with van der Waals surface area (Å²) in [6.45, 7) is 3.56. The van der Waals surface area contributed by atoms with Gasteiger partial charge in [-0.2, -0.15) is 0 Å². The van der Waals surface area contributed by atoms with E-state index in [1.807, 2.05) is 0 Å². The van der Waals surface area contributed by atoms with Crippen molar-refractivity contribution in [2.75, 3.05) is 33.0 Å². The zero-order valence-corrected chi connectivity index (χ0v) is 42.8. The van der Waals surface area contributed by atoms with Crippen molar-refractivity contribution in [3.05, 3.63) is 48.6 Å². The fourth-order valence-electron chi connectivity index (χ4n) is 8.41. The Morgan fingerprint density at radius 2 is 0.942 bits per heavy atom. The predicted octanol–water partition coefficient (Wildman–Crippen LogP) is 8.74. The van der Waals surface area contributed by atoms with Crippen LogP contribution in [0.25, 0.3) is 0 Å². The summed E-state index contributed by atoms with van der Waals surface area (Å²) in [7, 11) is 0. The van der Waals surface area contributed by atoms with E-state index in [4.69, 9.17) is 28.4 Å². The molecule has 2 aliphatic heterocycles. The normalized spacial score (nSPS) is 26.0. The fraction of sp³-hybridized carbons (Fsp3) is 0.836. The molecule has 0 aliphatic carbocycles. The molecular weight excluding hydrogens is 885 g/mol. The smallest absolute Gasteiger partial charge is 0.306 e. The second kappa shape index (κ2) is 42.5. The number of ether oxygens (including phenoxy) is 6. The van der Waals surface area contributed by atoms with Crippen LogP contribution in [0.15, 0.2) is 48.6 Å². The summed E-state index contributed by atoms with van der Waals surface area (Å²) in [5, 5.41) is 72.2. The van der Waals surface area contributed by atoms with Gasteiger partial charge in [-0.15, -0.1) is 0 Å². The van der Waals surface area contributed by atoms with Gasteiger partial charge in [0.1, 0.15) is 54.9 Å². The third-order valence-electron chi connectivity index (χ3n) is 12.8. The quantitative estimate of drug-likeness (QED) is 0.0173. The van der Waals surface area contributed by atoms with E-state index in [0.717, 1.165) is 70.6 Å². The molecule has 14 nitrogen and oxygen atoms in total. The van der Waals surface area contributed by atoms with Gasteiger partial charge >= 0.3 is 5.97 Å². The van der Waals surface area contributed by atoms with Crippen molar-refractivity contribution >= 4 is 5.97 Å². The molecule has 11 unspecified atom stereocenters. The van der Waals surface area contributed by atoms with Gasteiger partial charge < -0.3 is 64.2 Å². The zero-order valence-electron chi connectivity index (χ0n) is 42.8. The molecule has 0 aromatic heterocycles. The lowest BCUT2D eigenvalue weighted by Crippen LogP contribution is -2.61. The molecule has 0 aromatic carbocycles. The SMILES string of the molecule is CC/C=C\C/C=C\C/C=C\CCCCCCCCCC(=O)OC(COCCCCCCCCCC/C=C\CCCCCCCC)COC1OC(COC2OC(CO)C(O)C(O)C2O)C(O)C(O)C1O. The van der Waals surface area contributed by atoms with Crippen molar-refractivity contribution in [1.29, 1.82) is 0 Å². The highest BCUT2D eigenvalue weighted by molar-refractivity contribution is 5.69. The van der Waals surface area contributed by atoms with Crippen LogP contribution in [-0.4, -0.2) is 142 Å². The van der Waals surface area contributed by atoms with Crippen LogP contribution in [0.2, 0.25) is 0 Å². The second-order valence-corrected chi connectivity index (χ2v) is 19.0. The van der Waals surface area contributed by atoms with Crippen molar-refractivity contribution in [3.8, 4) is 0 Å². The minimum Gasteiger partial charge on any atom is -0.457 e. The van der Waals surface area contributed by atoms with Crippen molar-refractivity contribution < 1.29 is 69.0 Å². The lowest BCUT2D eigenvalue weighted by Gasteiger charge is -2.42. The molecule has 2 fully saturated rings. The van der Waals surface area contributed by atoms with E-state index in [-0.39, 0.29) is 25.6 Å². The Morgan fingerprint density at radius 1 is 0.493 bits per heavy atom. The number of carbonyl (C=O) groups is 1. The molecular formula is C55H98O14. The molecule has 402 valence electrons. The van der Waals surface area contributed by atoms with E-state index in [2.05, 4.69) is 62.5 Å². The lowest BCUT2D eigenvalue weighted by atomic mass is 9.98. The molecule has 2 rings (SSSR count). The third-order valence-corrected chi connectivity index (χ3v) is 12.8. The van der Waals surface area contributed by atoms with Gasteiger partial charge in [-0.3, -0.25) is 4.79 Å². The maximum atomic E-state index is 13.0. The zero-order chi connectivity index (χ0) is 50.2. The van der Waals surface area contributed by atoms with Crippen molar-refractivity contribution in [1.82, 2.24) is 0 Å². The average molecular weight is 983 g/mol. The Labute approximate surface area is 416 Å². The van der Waals surface area contributed by atoms with Gasteiger partial charge in [0.05, 0.1) is 26.4 Å². The highest BCUT2D eigenvalue weighted by atomic mass is 16.7. The summed E-state index contributed by atoms with van der Waals surface area (Å²) in [5.74, 6) is -0.387. The number of aliphatic hydroxyl groups excluding tert-OH is 7. The predicted molar refractivity (Wildman–Crippen MR) is 270 cm³/mol. The summed E-state index contributed by atoms with van der Waals surface area (Å²) in [6, 6.07) is 0. The van der Waals surface area contributed by atoms with Crippen molar-refractivity contribution in [2.45, 2.75) is 261 Å². The molecule has 0 saturated carbocycles. The number of hydrogen-bond acceptors (Lipinski definition) is 14. The number of aliphatic hydroxyl groups is 7. The topological polar surface area (TPSA) is 214 Å². The maximum absolute atomic E-state index is 13.0. The Morgan fingerprint density at radius 3 is 1.49 bits per heavy atom. The van der Waals surface area contributed by atoms with Gasteiger partial charge in [0, 0.05) is 13.0 Å². The van der Waals surface area contributed by atoms with Crippen LogP contribution in [0.4, 0.5) is 0 Å². The maximum Gasteiger partial charge on any atom is 0.306 e.